The van der Waals surface area contributed by atoms with Crippen molar-refractivity contribution in [2.75, 3.05) is 13.3 Å². The van der Waals surface area contributed by atoms with E-state index < -0.39 is 0 Å². The summed E-state index contributed by atoms with van der Waals surface area (Å²) < 4.78 is 16.1. The van der Waals surface area contributed by atoms with Gasteiger partial charge in [0.1, 0.15) is 5.75 Å². The Labute approximate surface area is 141 Å². The van der Waals surface area contributed by atoms with Gasteiger partial charge >= 0.3 is 0 Å². The molecule has 0 fully saturated rings. The molecule has 5 heteroatoms. The van der Waals surface area contributed by atoms with Crippen molar-refractivity contribution in [2.45, 2.75) is 26.4 Å². The summed E-state index contributed by atoms with van der Waals surface area (Å²) in [5.74, 6) is 2.03. The van der Waals surface area contributed by atoms with E-state index in [2.05, 4.69) is 5.32 Å². The van der Waals surface area contributed by atoms with E-state index in [1.807, 2.05) is 38.1 Å². The summed E-state index contributed by atoms with van der Waals surface area (Å²) in [6.07, 6.45) is 0.926. The first-order chi connectivity index (χ1) is 11.6. The molecule has 1 amide bonds. The van der Waals surface area contributed by atoms with Crippen molar-refractivity contribution in [3.05, 3.63) is 53.6 Å². The van der Waals surface area contributed by atoms with Crippen molar-refractivity contribution in [2.24, 2.45) is 0 Å². The molecule has 2 aromatic rings. The molecule has 0 bridgehead atoms. The van der Waals surface area contributed by atoms with Gasteiger partial charge in [0.2, 0.25) is 6.79 Å². The lowest BCUT2D eigenvalue weighted by molar-refractivity contribution is 0.0953. The fourth-order valence-electron chi connectivity index (χ4n) is 2.47. The monoisotopic (exact) mass is 327 g/mol. The van der Waals surface area contributed by atoms with E-state index in [-0.39, 0.29) is 18.8 Å². The van der Waals surface area contributed by atoms with Crippen molar-refractivity contribution in [3.63, 3.8) is 0 Å². The second-order valence-corrected chi connectivity index (χ2v) is 5.88. The molecule has 2 aromatic carbocycles. The number of amides is 1. The summed E-state index contributed by atoms with van der Waals surface area (Å²) in [7, 11) is 0. The lowest BCUT2D eigenvalue weighted by atomic mass is 10.1. The van der Waals surface area contributed by atoms with E-state index in [4.69, 9.17) is 14.2 Å². The van der Waals surface area contributed by atoms with E-state index in [0.29, 0.717) is 23.6 Å². The number of rotatable bonds is 6. The smallest absolute Gasteiger partial charge is 0.251 e. The summed E-state index contributed by atoms with van der Waals surface area (Å²) in [4.78, 5) is 12.2. The summed E-state index contributed by atoms with van der Waals surface area (Å²) >= 11 is 0. The maximum atomic E-state index is 12.2. The average molecular weight is 327 g/mol. The number of ether oxygens (including phenoxy) is 3. The van der Waals surface area contributed by atoms with Crippen LogP contribution in [-0.2, 0) is 6.42 Å². The van der Waals surface area contributed by atoms with Crippen LogP contribution in [0.4, 0.5) is 0 Å². The summed E-state index contributed by atoms with van der Waals surface area (Å²) in [5, 5.41) is 2.92. The summed E-state index contributed by atoms with van der Waals surface area (Å²) in [6.45, 7) is 4.77. The zero-order valence-corrected chi connectivity index (χ0v) is 13.9. The second kappa shape index (κ2) is 7.25. The molecule has 0 saturated carbocycles. The third kappa shape index (κ3) is 3.98. The molecule has 5 nitrogen and oxygen atoms in total. The van der Waals surface area contributed by atoms with Gasteiger partial charge in [0.25, 0.3) is 5.91 Å². The van der Waals surface area contributed by atoms with Gasteiger partial charge in [-0.15, -0.1) is 0 Å². The van der Waals surface area contributed by atoms with E-state index in [1.165, 1.54) is 0 Å². The Balaban J connectivity index is 1.50. The second-order valence-electron chi connectivity index (χ2n) is 5.88. The zero-order chi connectivity index (χ0) is 16.9. The number of hydrogen-bond donors (Lipinski definition) is 1. The minimum Gasteiger partial charge on any atom is -0.491 e. The highest BCUT2D eigenvalue weighted by Gasteiger charge is 2.15. The average Bonchev–Trinajstić information content (AvgIpc) is 3.03. The van der Waals surface area contributed by atoms with Crippen molar-refractivity contribution in [3.8, 4) is 17.2 Å². The van der Waals surface area contributed by atoms with Crippen molar-refractivity contribution in [1.29, 1.82) is 0 Å². The predicted octanol–water partition coefficient (Wildman–Crippen LogP) is 3.18. The predicted molar refractivity (Wildman–Crippen MR) is 90.8 cm³/mol. The number of benzene rings is 2. The van der Waals surface area contributed by atoms with Crippen LogP contribution in [0.15, 0.2) is 42.5 Å². The third-order valence-electron chi connectivity index (χ3n) is 3.63. The Morgan fingerprint density at radius 3 is 2.62 bits per heavy atom. The first-order valence-corrected chi connectivity index (χ1v) is 8.05. The molecule has 0 unspecified atom stereocenters. The number of nitrogens with one attached hydrogen (secondary N) is 1. The van der Waals surface area contributed by atoms with Gasteiger partial charge in [0.15, 0.2) is 11.5 Å². The van der Waals surface area contributed by atoms with Gasteiger partial charge in [-0.2, -0.15) is 0 Å². The van der Waals surface area contributed by atoms with E-state index in [0.717, 1.165) is 17.7 Å². The maximum absolute atomic E-state index is 12.2. The van der Waals surface area contributed by atoms with Crippen LogP contribution in [0.5, 0.6) is 17.2 Å². The molecule has 1 aliphatic rings. The standard InChI is InChI=1S/C19H21NO4/c1-13(2)24-16-6-3-14(4-7-16)9-10-20-19(21)15-5-8-17-18(11-15)23-12-22-17/h3-8,11,13H,9-10,12H2,1-2H3,(H,20,21). The van der Waals surface area contributed by atoms with Crippen LogP contribution in [0.1, 0.15) is 29.8 Å². The molecule has 0 radical (unpaired) electrons. The Morgan fingerprint density at radius 2 is 1.88 bits per heavy atom. The summed E-state index contributed by atoms with van der Waals surface area (Å²) in [6, 6.07) is 13.1. The molecular weight excluding hydrogens is 306 g/mol. The Morgan fingerprint density at radius 1 is 1.12 bits per heavy atom. The van der Waals surface area contributed by atoms with Crippen LogP contribution in [0.3, 0.4) is 0 Å². The minimum absolute atomic E-state index is 0.118. The van der Waals surface area contributed by atoms with Crippen LogP contribution >= 0.6 is 0 Å². The van der Waals surface area contributed by atoms with Crippen molar-refractivity contribution >= 4 is 5.91 Å². The SMILES string of the molecule is CC(C)Oc1ccc(CCNC(=O)c2ccc3c(c2)OCO3)cc1. The molecule has 24 heavy (non-hydrogen) atoms. The molecule has 0 saturated heterocycles. The highest BCUT2D eigenvalue weighted by atomic mass is 16.7. The van der Waals surface area contributed by atoms with Gasteiger partial charge in [-0.25, -0.2) is 0 Å². The molecule has 1 heterocycles. The van der Waals surface area contributed by atoms with Crippen LogP contribution in [0.25, 0.3) is 0 Å². The summed E-state index contributed by atoms with van der Waals surface area (Å²) in [5.41, 5.74) is 1.72. The number of carbonyl (C=O) groups is 1. The maximum Gasteiger partial charge on any atom is 0.251 e. The van der Waals surface area contributed by atoms with Crippen LogP contribution in [0.2, 0.25) is 0 Å². The van der Waals surface area contributed by atoms with Gasteiger partial charge in [-0.3, -0.25) is 4.79 Å². The van der Waals surface area contributed by atoms with E-state index in [1.54, 1.807) is 18.2 Å². The fourth-order valence-corrected chi connectivity index (χ4v) is 2.47. The molecule has 3 rings (SSSR count). The van der Waals surface area contributed by atoms with Crippen molar-refractivity contribution < 1.29 is 19.0 Å². The van der Waals surface area contributed by atoms with Crippen LogP contribution in [0, 0.1) is 0 Å². The molecule has 1 N–H and O–H groups in total. The normalized spacial score (nSPS) is 12.3. The molecule has 0 aliphatic carbocycles. The van der Waals surface area contributed by atoms with Gasteiger partial charge in [0, 0.05) is 12.1 Å². The van der Waals surface area contributed by atoms with Crippen LogP contribution < -0.4 is 19.5 Å². The van der Waals surface area contributed by atoms with Gasteiger partial charge < -0.3 is 19.5 Å². The quantitative estimate of drug-likeness (QED) is 0.885. The van der Waals surface area contributed by atoms with Gasteiger partial charge in [-0.05, 0) is 56.2 Å². The zero-order valence-electron chi connectivity index (χ0n) is 13.9. The number of hydrogen-bond acceptors (Lipinski definition) is 4. The van der Waals surface area contributed by atoms with Crippen LogP contribution in [-0.4, -0.2) is 25.3 Å². The molecule has 1 aliphatic heterocycles. The van der Waals surface area contributed by atoms with Gasteiger partial charge in [-0.1, -0.05) is 12.1 Å². The Kier molecular flexibility index (Phi) is 4.89. The Hall–Kier alpha value is -2.69. The first-order valence-electron chi connectivity index (χ1n) is 8.05. The van der Waals surface area contributed by atoms with Gasteiger partial charge in [0.05, 0.1) is 6.10 Å². The first kappa shape index (κ1) is 16.2. The highest BCUT2D eigenvalue weighted by molar-refractivity contribution is 5.94. The topological polar surface area (TPSA) is 56.8 Å². The minimum atomic E-state index is -0.118. The molecule has 0 spiro atoms. The van der Waals surface area contributed by atoms with Crippen molar-refractivity contribution in [1.82, 2.24) is 5.32 Å². The molecule has 126 valence electrons. The number of fused-ring (bicyclic) bond motifs is 1. The third-order valence-corrected chi connectivity index (χ3v) is 3.63. The molecule has 0 atom stereocenters. The molecular formula is C19H21NO4. The molecule has 0 aromatic heterocycles. The lowest BCUT2D eigenvalue weighted by Crippen LogP contribution is -2.25. The Bertz CT molecular complexity index is 710. The lowest BCUT2D eigenvalue weighted by Gasteiger charge is -2.10. The highest BCUT2D eigenvalue weighted by Crippen LogP contribution is 2.32. The van der Waals surface area contributed by atoms with E-state index in [9.17, 15) is 4.79 Å². The fraction of sp³-hybridized carbons (Fsp3) is 0.316. The van der Waals surface area contributed by atoms with E-state index >= 15 is 0 Å². The largest absolute Gasteiger partial charge is 0.491 e. The number of carbonyl (C=O) groups excluding carboxylic acids is 1.